The van der Waals surface area contributed by atoms with Gasteiger partial charge in [0, 0.05) is 17.0 Å². The lowest BCUT2D eigenvalue weighted by atomic mass is 10.4. The molecule has 1 aliphatic carbocycles. The van der Waals surface area contributed by atoms with Gasteiger partial charge in [-0.2, -0.15) is 0 Å². The van der Waals surface area contributed by atoms with Crippen molar-refractivity contribution < 1.29 is 8.42 Å². The van der Waals surface area contributed by atoms with Crippen LogP contribution in [-0.2, 0) is 16.6 Å². The van der Waals surface area contributed by atoms with Gasteiger partial charge in [0.2, 0.25) is 0 Å². The molecule has 1 aliphatic rings. The van der Waals surface area contributed by atoms with Gasteiger partial charge in [-0.15, -0.1) is 11.3 Å². The fourth-order valence-corrected chi connectivity index (χ4v) is 4.27. The number of thiophene rings is 1. The van der Waals surface area contributed by atoms with Crippen molar-refractivity contribution in [1.82, 2.24) is 10.0 Å². The molecule has 4 nitrogen and oxygen atoms in total. The summed E-state index contributed by atoms with van der Waals surface area (Å²) in [5.74, 6) is 0. The summed E-state index contributed by atoms with van der Waals surface area (Å²) in [6.07, 6.45) is 1.86. The molecule has 0 saturated heterocycles. The van der Waals surface area contributed by atoms with E-state index in [1.807, 2.05) is 20.0 Å². The summed E-state index contributed by atoms with van der Waals surface area (Å²) < 4.78 is 27.1. The first-order valence-electron chi connectivity index (χ1n) is 5.22. The third kappa shape index (κ3) is 2.63. The van der Waals surface area contributed by atoms with Crippen LogP contribution in [-0.4, -0.2) is 21.0 Å². The zero-order chi connectivity index (χ0) is 11.8. The van der Waals surface area contributed by atoms with Crippen LogP contribution in [0.25, 0.3) is 0 Å². The summed E-state index contributed by atoms with van der Waals surface area (Å²) in [6, 6.07) is 3.52. The fraction of sp³-hybridized carbons (Fsp3) is 0.600. The third-order valence-corrected chi connectivity index (χ3v) is 5.85. The molecule has 2 rings (SSSR count). The van der Waals surface area contributed by atoms with Crippen LogP contribution in [0.1, 0.15) is 24.6 Å². The van der Waals surface area contributed by atoms with Crippen molar-refractivity contribution >= 4 is 21.4 Å². The third-order valence-electron chi connectivity index (χ3n) is 2.63. The average molecular weight is 260 g/mol. The lowest BCUT2D eigenvalue weighted by molar-refractivity contribution is 0.560. The van der Waals surface area contributed by atoms with Crippen molar-refractivity contribution in [2.45, 2.75) is 36.1 Å². The molecule has 6 heteroatoms. The molecule has 0 amide bonds. The predicted octanol–water partition coefficient (Wildman–Crippen LogP) is 1.30. The van der Waals surface area contributed by atoms with Gasteiger partial charge >= 0.3 is 0 Å². The van der Waals surface area contributed by atoms with E-state index in [4.69, 9.17) is 0 Å². The Morgan fingerprint density at radius 3 is 2.69 bits per heavy atom. The molecular weight excluding hydrogens is 244 g/mol. The molecule has 0 aliphatic heterocycles. The van der Waals surface area contributed by atoms with E-state index in [2.05, 4.69) is 10.0 Å². The second-order valence-electron chi connectivity index (χ2n) is 4.42. The molecule has 0 radical (unpaired) electrons. The summed E-state index contributed by atoms with van der Waals surface area (Å²) >= 11 is 1.32. The van der Waals surface area contributed by atoms with Gasteiger partial charge in [-0.25, -0.2) is 13.1 Å². The second-order valence-corrected chi connectivity index (χ2v) is 7.49. The Hall–Kier alpha value is -0.430. The van der Waals surface area contributed by atoms with Gasteiger partial charge in [0.15, 0.2) is 0 Å². The first kappa shape index (κ1) is 12.0. The van der Waals surface area contributed by atoms with Gasteiger partial charge in [0.1, 0.15) is 4.21 Å². The molecule has 0 spiro atoms. The minimum atomic E-state index is -3.31. The molecule has 2 N–H and O–H groups in total. The zero-order valence-corrected chi connectivity index (χ0v) is 11.0. The van der Waals surface area contributed by atoms with Crippen molar-refractivity contribution in [3.8, 4) is 0 Å². The standard InChI is InChI=1S/C10H16N2O2S2/c1-10(5-6-10)12-16(13,14)9-4-3-8(15-9)7-11-2/h3-4,11-12H,5-7H2,1-2H3. The maximum atomic E-state index is 12.0. The average Bonchev–Trinajstić information content (AvgIpc) is 2.73. The number of rotatable bonds is 5. The van der Waals surface area contributed by atoms with Crippen molar-refractivity contribution in [1.29, 1.82) is 0 Å². The largest absolute Gasteiger partial charge is 0.315 e. The highest BCUT2D eigenvalue weighted by atomic mass is 32.2. The molecule has 0 unspecified atom stereocenters. The Bertz CT molecular complexity index is 475. The van der Waals surface area contributed by atoms with Crippen molar-refractivity contribution in [3.63, 3.8) is 0 Å². The minimum Gasteiger partial charge on any atom is -0.315 e. The van der Waals surface area contributed by atoms with Crippen LogP contribution in [0.5, 0.6) is 0 Å². The highest BCUT2D eigenvalue weighted by Gasteiger charge is 2.41. The second kappa shape index (κ2) is 4.10. The molecule has 1 aromatic heterocycles. The van der Waals surface area contributed by atoms with Crippen molar-refractivity contribution in [2.24, 2.45) is 0 Å². The first-order valence-corrected chi connectivity index (χ1v) is 7.52. The van der Waals surface area contributed by atoms with Crippen molar-refractivity contribution in [3.05, 3.63) is 17.0 Å². The Labute approximate surface area is 100 Å². The van der Waals surface area contributed by atoms with E-state index in [-0.39, 0.29) is 5.54 Å². The van der Waals surface area contributed by atoms with E-state index >= 15 is 0 Å². The molecule has 0 aromatic carbocycles. The summed E-state index contributed by atoms with van der Waals surface area (Å²) in [5, 5.41) is 3.00. The van der Waals surface area contributed by atoms with Gasteiger partial charge < -0.3 is 5.32 Å². The quantitative estimate of drug-likeness (QED) is 0.839. The Morgan fingerprint density at radius 1 is 1.44 bits per heavy atom. The molecule has 0 atom stereocenters. The summed E-state index contributed by atoms with van der Waals surface area (Å²) in [4.78, 5) is 1.03. The SMILES string of the molecule is CNCc1ccc(S(=O)(=O)NC2(C)CC2)s1. The van der Waals surface area contributed by atoms with Crippen LogP contribution < -0.4 is 10.0 Å². The van der Waals surface area contributed by atoms with Gasteiger partial charge in [0.05, 0.1) is 0 Å². The molecule has 1 fully saturated rings. The normalized spacial score (nSPS) is 18.6. The maximum absolute atomic E-state index is 12.0. The van der Waals surface area contributed by atoms with E-state index in [0.29, 0.717) is 10.8 Å². The Morgan fingerprint density at radius 2 is 2.12 bits per heavy atom. The molecule has 16 heavy (non-hydrogen) atoms. The van der Waals surface area contributed by atoms with E-state index in [9.17, 15) is 8.42 Å². The number of sulfonamides is 1. The van der Waals surface area contributed by atoms with E-state index < -0.39 is 10.0 Å². The van der Waals surface area contributed by atoms with Crippen molar-refractivity contribution in [2.75, 3.05) is 7.05 Å². The summed E-state index contributed by atoms with van der Waals surface area (Å²) in [6.45, 7) is 2.64. The van der Waals surface area contributed by atoms with Crippen LogP contribution in [0.15, 0.2) is 16.3 Å². The van der Waals surface area contributed by atoms with Gasteiger partial charge in [0.25, 0.3) is 10.0 Å². The van der Waals surface area contributed by atoms with Crippen LogP contribution in [0.2, 0.25) is 0 Å². The fourth-order valence-electron chi connectivity index (χ4n) is 1.44. The number of hydrogen-bond donors (Lipinski definition) is 2. The maximum Gasteiger partial charge on any atom is 0.250 e. The molecule has 1 aromatic rings. The molecule has 1 saturated carbocycles. The van der Waals surface area contributed by atoms with Crippen LogP contribution in [0.4, 0.5) is 0 Å². The first-order chi connectivity index (χ1) is 7.45. The molecule has 0 bridgehead atoms. The van der Waals surface area contributed by atoms with E-state index in [0.717, 1.165) is 17.7 Å². The summed E-state index contributed by atoms with van der Waals surface area (Å²) in [5.41, 5.74) is -0.202. The highest BCUT2D eigenvalue weighted by Crippen LogP contribution is 2.36. The zero-order valence-electron chi connectivity index (χ0n) is 9.41. The number of hydrogen-bond acceptors (Lipinski definition) is 4. The number of nitrogens with one attached hydrogen (secondary N) is 2. The Kier molecular flexibility index (Phi) is 3.09. The summed E-state index contributed by atoms with van der Waals surface area (Å²) in [7, 11) is -1.47. The Balaban J connectivity index is 2.15. The minimum absolute atomic E-state index is 0.202. The van der Waals surface area contributed by atoms with Gasteiger partial charge in [-0.1, -0.05) is 0 Å². The van der Waals surface area contributed by atoms with Crippen LogP contribution in [0.3, 0.4) is 0 Å². The lowest BCUT2D eigenvalue weighted by Gasteiger charge is -2.10. The predicted molar refractivity (Wildman–Crippen MR) is 65.0 cm³/mol. The molecule has 90 valence electrons. The topological polar surface area (TPSA) is 58.2 Å². The monoisotopic (exact) mass is 260 g/mol. The lowest BCUT2D eigenvalue weighted by Crippen LogP contribution is -2.33. The van der Waals surface area contributed by atoms with E-state index in [1.165, 1.54) is 11.3 Å². The smallest absolute Gasteiger partial charge is 0.250 e. The highest BCUT2D eigenvalue weighted by molar-refractivity contribution is 7.91. The molecular formula is C10H16N2O2S2. The van der Waals surface area contributed by atoms with E-state index in [1.54, 1.807) is 6.07 Å². The van der Waals surface area contributed by atoms with Crippen LogP contribution >= 0.6 is 11.3 Å². The molecule has 1 heterocycles. The van der Waals surface area contributed by atoms with Gasteiger partial charge in [-0.05, 0) is 38.9 Å². The van der Waals surface area contributed by atoms with Crippen LogP contribution in [0, 0.1) is 0 Å². The van der Waals surface area contributed by atoms with Gasteiger partial charge in [-0.3, -0.25) is 0 Å².